The molecule has 54 heavy (non-hydrogen) atoms. The van der Waals surface area contributed by atoms with Crippen molar-refractivity contribution in [1.29, 1.82) is 0 Å². The van der Waals surface area contributed by atoms with Crippen molar-refractivity contribution in [1.82, 2.24) is 0 Å². The Morgan fingerprint density at radius 3 is 1.15 bits per heavy atom. The molecule has 1 aliphatic rings. The molecule has 11 nitrogen and oxygen atoms in total. The number of allylic oxidation sites excluding steroid dienone is 5. The smallest absolute Gasteiger partial charge is 0.280 e. The Labute approximate surface area is 318 Å². The highest BCUT2D eigenvalue weighted by atomic mass is 32.2. The predicted octanol–water partition coefficient (Wildman–Crippen LogP) is 6.65. The van der Waals surface area contributed by atoms with Gasteiger partial charge in [0.05, 0.1) is 12.5 Å². The van der Waals surface area contributed by atoms with E-state index in [1.54, 1.807) is 0 Å². The first-order valence-electron chi connectivity index (χ1n) is 16.7. The summed E-state index contributed by atoms with van der Waals surface area (Å²) in [4.78, 5) is 3.49. The standard InChI is InChI=1S/C37H29N3.C2H6.2CH5NO3S/c1-4-10-31(11-5-1)38-34-22-16-28(17-23-34)37(29-18-24-35(25-19-29)39-32-12-6-2-7-13-32)30-20-26-36(27-21-30)40-33-14-8-3-9-15-33;1-2;2*1-6(3,4)5-2/h1-27,38-39H;1-2H3;2*2H2,1H3/p+1. The van der Waals surface area contributed by atoms with Crippen molar-refractivity contribution in [3.05, 3.63) is 181 Å². The van der Waals surface area contributed by atoms with Crippen molar-refractivity contribution in [3.63, 3.8) is 0 Å². The average Bonchev–Trinajstić information content (AvgIpc) is 3.19. The van der Waals surface area contributed by atoms with Gasteiger partial charge in [0.2, 0.25) is 11.4 Å². The Morgan fingerprint density at radius 2 is 0.815 bits per heavy atom. The summed E-state index contributed by atoms with van der Waals surface area (Å²) in [6.07, 6.45) is 10.4. The van der Waals surface area contributed by atoms with Crippen molar-refractivity contribution in [2.75, 3.05) is 23.1 Å². The zero-order valence-corrected chi connectivity index (χ0v) is 32.1. The van der Waals surface area contributed by atoms with Crippen LogP contribution >= 0.6 is 0 Å². The molecule has 13 heteroatoms. The fourth-order valence-electron chi connectivity index (χ4n) is 4.73. The SMILES string of the molecule is C1=CC(=C(c2ccc(Nc3ccccc3)cc2)c2ccc(Nc3ccccc3)cc2)C=CC1=[NH+]c1ccccc1.CC.CS(=O)(=O)ON.CS(=O)(=O)ON. The number of rotatable bonds is 9. The molecule has 0 heterocycles. The molecule has 0 saturated heterocycles. The third-order valence-corrected chi connectivity index (χ3v) is 7.76. The van der Waals surface area contributed by atoms with Crippen LogP contribution in [-0.4, -0.2) is 35.1 Å². The quantitative estimate of drug-likeness (QED) is 0.102. The lowest BCUT2D eigenvalue weighted by Crippen LogP contribution is -2.65. The van der Waals surface area contributed by atoms with Crippen LogP contribution in [0.1, 0.15) is 25.0 Å². The minimum atomic E-state index is -3.38. The van der Waals surface area contributed by atoms with Gasteiger partial charge >= 0.3 is 0 Å². The molecular formula is C41H46N5O6S2+. The minimum Gasteiger partial charge on any atom is -0.356 e. The van der Waals surface area contributed by atoms with Gasteiger partial charge in [-0.15, -0.1) is 0 Å². The zero-order chi connectivity index (χ0) is 39.4. The summed E-state index contributed by atoms with van der Waals surface area (Å²) in [6.45, 7) is 4.00. The number of nitrogens with one attached hydrogen (secondary N) is 3. The monoisotopic (exact) mass is 768 g/mol. The van der Waals surface area contributed by atoms with E-state index in [1.807, 2.05) is 68.4 Å². The molecule has 0 spiro atoms. The van der Waals surface area contributed by atoms with Crippen LogP contribution in [0, 0.1) is 0 Å². The van der Waals surface area contributed by atoms with Crippen molar-refractivity contribution >= 4 is 60.0 Å². The summed E-state index contributed by atoms with van der Waals surface area (Å²) in [7, 11) is -6.77. The lowest BCUT2D eigenvalue weighted by Gasteiger charge is -2.15. The summed E-state index contributed by atoms with van der Waals surface area (Å²) >= 11 is 0. The minimum absolute atomic E-state index is 0.868. The van der Waals surface area contributed by atoms with Crippen molar-refractivity contribution in [3.8, 4) is 0 Å². The van der Waals surface area contributed by atoms with Gasteiger partial charge in [-0.2, -0.15) is 37.2 Å². The van der Waals surface area contributed by atoms with E-state index in [9.17, 15) is 16.8 Å². The van der Waals surface area contributed by atoms with Crippen LogP contribution in [0.2, 0.25) is 0 Å². The number of nitrogens with two attached hydrogens (primary N) is 2. The number of para-hydroxylation sites is 3. The van der Waals surface area contributed by atoms with E-state index in [1.165, 1.54) is 5.57 Å². The van der Waals surface area contributed by atoms with Crippen LogP contribution in [-0.2, 0) is 28.8 Å². The van der Waals surface area contributed by atoms with E-state index in [4.69, 9.17) is 0 Å². The van der Waals surface area contributed by atoms with Gasteiger partial charge in [0.25, 0.3) is 20.2 Å². The highest BCUT2D eigenvalue weighted by molar-refractivity contribution is 7.86. The highest BCUT2D eigenvalue weighted by Gasteiger charge is 2.13. The molecule has 1 aliphatic carbocycles. The molecule has 0 saturated carbocycles. The molecule has 5 aromatic carbocycles. The molecule has 282 valence electrons. The van der Waals surface area contributed by atoms with Crippen LogP contribution < -0.4 is 27.4 Å². The van der Waals surface area contributed by atoms with Crippen molar-refractivity contribution in [2.24, 2.45) is 11.8 Å². The Morgan fingerprint density at radius 1 is 0.500 bits per heavy atom. The van der Waals surface area contributed by atoms with Crippen LogP contribution in [0.3, 0.4) is 0 Å². The van der Waals surface area contributed by atoms with Gasteiger partial charge in [-0.3, -0.25) is 0 Å². The fraction of sp³-hybridized carbons (Fsp3) is 0.0976. The molecule has 0 amide bonds. The molecule has 0 atom stereocenters. The third kappa shape index (κ3) is 15.5. The molecule has 7 N–H and O–H groups in total. The second kappa shape index (κ2) is 21.8. The molecular weight excluding hydrogens is 723 g/mol. The van der Waals surface area contributed by atoms with Gasteiger partial charge in [-0.05, 0) is 83.0 Å². The molecule has 6 rings (SSSR count). The Balaban J connectivity index is 0.000000482. The summed E-state index contributed by atoms with van der Waals surface area (Å²) in [6, 6.07) is 48.0. The number of benzene rings is 5. The molecule has 0 aliphatic heterocycles. The summed E-state index contributed by atoms with van der Waals surface area (Å²) in [5.41, 5.74) is 11.0. The number of hydrogen-bond acceptors (Lipinski definition) is 10. The lowest BCUT2D eigenvalue weighted by molar-refractivity contribution is -0.351. The normalized spacial score (nSPS) is 11.7. The average molecular weight is 769 g/mol. The maximum absolute atomic E-state index is 9.65. The van der Waals surface area contributed by atoms with Crippen LogP contribution in [0.15, 0.2) is 169 Å². The zero-order valence-electron chi connectivity index (χ0n) is 30.5. The van der Waals surface area contributed by atoms with E-state index in [-0.39, 0.29) is 0 Å². The van der Waals surface area contributed by atoms with Crippen LogP contribution in [0.4, 0.5) is 28.4 Å². The van der Waals surface area contributed by atoms with E-state index >= 15 is 0 Å². The topological polar surface area (TPSA) is 177 Å². The summed E-state index contributed by atoms with van der Waals surface area (Å²) < 4.78 is 45.4. The number of anilines is 4. The van der Waals surface area contributed by atoms with Crippen LogP contribution in [0.5, 0.6) is 0 Å². The Hall–Kier alpha value is -5.67. The van der Waals surface area contributed by atoms with Gasteiger partial charge in [0.1, 0.15) is 0 Å². The Kier molecular flexibility index (Phi) is 17.2. The molecule has 5 aromatic rings. The maximum Gasteiger partial charge on any atom is 0.280 e. The lowest BCUT2D eigenvalue weighted by atomic mass is 9.90. The van der Waals surface area contributed by atoms with Gasteiger partial charge in [0, 0.05) is 47.0 Å². The van der Waals surface area contributed by atoms with E-state index in [0.29, 0.717) is 0 Å². The number of hydrogen-bond donors (Lipinski definition) is 5. The van der Waals surface area contributed by atoms with Crippen molar-refractivity contribution in [2.45, 2.75) is 13.8 Å². The van der Waals surface area contributed by atoms with E-state index < -0.39 is 20.2 Å². The van der Waals surface area contributed by atoms with E-state index in [0.717, 1.165) is 63.4 Å². The van der Waals surface area contributed by atoms with Crippen molar-refractivity contribution < 1.29 is 30.4 Å². The second-order valence-electron chi connectivity index (χ2n) is 11.2. The van der Waals surface area contributed by atoms with Gasteiger partial charge in [-0.1, -0.05) is 92.7 Å². The first-order chi connectivity index (χ1) is 25.9. The largest absolute Gasteiger partial charge is 0.356 e. The first kappa shape index (κ1) is 42.7. The summed E-state index contributed by atoms with van der Waals surface area (Å²) in [5.74, 6) is 8.44. The molecule has 0 fully saturated rings. The van der Waals surface area contributed by atoms with Gasteiger partial charge in [0.15, 0.2) is 0 Å². The maximum atomic E-state index is 9.65. The Bertz CT molecular complexity index is 2090. The summed E-state index contributed by atoms with van der Waals surface area (Å²) in [5, 5.41) is 6.97. The molecule has 0 aromatic heterocycles. The van der Waals surface area contributed by atoms with E-state index in [2.05, 4.69) is 145 Å². The molecule has 0 unspecified atom stereocenters. The van der Waals surface area contributed by atoms with Gasteiger partial charge < -0.3 is 10.6 Å². The molecule has 0 bridgehead atoms. The predicted molar refractivity (Wildman–Crippen MR) is 220 cm³/mol. The third-order valence-electron chi connectivity index (χ3n) is 7.06. The second-order valence-corrected chi connectivity index (χ2v) is 14.4. The highest BCUT2D eigenvalue weighted by Crippen LogP contribution is 2.32. The van der Waals surface area contributed by atoms with Crippen LogP contribution in [0.25, 0.3) is 5.57 Å². The fourth-order valence-corrected chi connectivity index (χ4v) is 4.73. The first-order valence-corrected chi connectivity index (χ1v) is 20.4. The molecule has 0 radical (unpaired) electrons. The van der Waals surface area contributed by atoms with Gasteiger partial charge in [-0.25, -0.2) is 4.99 Å².